The van der Waals surface area contributed by atoms with Gasteiger partial charge >= 0.3 is 0 Å². The fourth-order valence-electron chi connectivity index (χ4n) is 3.06. The van der Waals surface area contributed by atoms with Gasteiger partial charge in [0.25, 0.3) is 0 Å². The lowest BCUT2D eigenvalue weighted by molar-refractivity contribution is -0.124. The Balaban J connectivity index is 1.77. The van der Waals surface area contributed by atoms with Crippen LogP contribution in [0.2, 0.25) is 0 Å². The second-order valence-corrected chi connectivity index (χ2v) is 5.66. The van der Waals surface area contributed by atoms with Crippen LogP contribution in [0.1, 0.15) is 38.5 Å². The first-order chi connectivity index (χ1) is 9.17. The van der Waals surface area contributed by atoms with Gasteiger partial charge in [-0.15, -0.1) is 0 Å². The Bertz CT molecular complexity index is 350. The first-order valence-electron chi connectivity index (χ1n) is 7.15. The van der Waals surface area contributed by atoms with E-state index >= 15 is 0 Å². The van der Waals surface area contributed by atoms with Crippen molar-refractivity contribution in [3.05, 3.63) is 0 Å². The van der Waals surface area contributed by atoms with Crippen molar-refractivity contribution in [3.63, 3.8) is 0 Å². The average molecular weight is 265 g/mol. The lowest BCUT2D eigenvalue weighted by Gasteiger charge is -2.31. The Morgan fingerprint density at radius 3 is 2.58 bits per heavy atom. The molecule has 1 heterocycles. The van der Waals surface area contributed by atoms with E-state index in [9.17, 15) is 10.1 Å². The second kappa shape index (κ2) is 6.36. The molecule has 2 aliphatic rings. The van der Waals surface area contributed by atoms with Gasteiger partial charge in [-0.2, -0.15) is 5.26 Å². The first kappa shape index (κ1) is 14.3. The molecule has 0 unspecified atom stereocenters. The number of methoxy groups -OCH3 is 1. The van der Waals surface area contributed by atoms with Crippen LogP contribution in [0.15, 0.2) is 0 Å². The Kier molecular flexibility index (Phi) is 4.78. The molecule has 0 spiro atoms. The number of nitrogens with zero attached hydrogens (tertiary/aromatic N) is 2. The standard InChI is InChI=1S/C14H23N3O2/c1-19-12-4-8-17(9-5-12)10-13(18)16-14(11-15)6-2-3-7-14/h12H,2-10H2,1H3,(H,16,18). The molecular weight excluding hydrogens is 242 g/mol. The number of ether oxygens (including phenoxy) is 1. The predicted octanol–water partition coefficient (Wildman–Crippen LogP) is 1.05. The summed E-state index contributed by atoms with van der Waals surface area (Å²) < 4.78 is 5.32. The summed E-state index contributed by atoms with van der Waals surface area (Å²) in [6, 6.07) is 2.29. The maximum absolute atomic E-state index is 12.0. The van der Waals surface area contributed by atoms with E-state index in [0.717, 1.165) is 51.6 Å². The fourth-order valence-corrected chi connectivity index (χ4v) is 3.06. The molecule has 5 heteroatoms. The number of amides is 1. The Hall–Kier alpha value is -1.12. The molecule has 0 atom stereocenters. The van der Waals surface area contributed by atoms with Crippen molar-refractivity contribution in [2.45, 2.75) is 50.2 Å². The van der Waals surface area contributed by atoms with Gasteiger partial charge in [0.05, 0.1) is 18.7 Å². The minimum Gasteiger partial charge on any atom is -0.381 e. The van der Waals surface area contributed by atoms with Gasteiger partial charge in [-0.25, -0.2) is 0 Å². The van der Waals surface area contributed by atoms with Crippen LogP contribution < -0.4 is 5.32 Å². The number of rotatable bonds is 4. The molecule has 0 bridgehead atoms. The Morgan fingerprint density at radius 2 is 2.05 bits per heavy atom. The van der Waals surface area contributed by atoms with Crippen molar-refractivity contribution < 1.29 is 9.53 Å². The predicted molar refractivity (Wildman–Crippen MR) is 71.4 cm³/mol. The molecule has 2 rings (SSSR count). The molecule has 19 heavy (non-hydrogen) atoms. The number of nitriles is 1. The van der Waals surface area contributed by atoms with Crippen LogP contribution in [0.5, 0.6) is 0 Å². The third-order valence-corrected chi connectivity index (χ3v) is 4.28. The molecule has 1 N–H and O–H groups in total. The summed E-state index contributed by atoms with van der Waals surface area (Å²) in [7, 11) is 1.74. The van der Waals surface area contributed by atoms with Gasteiger partial charge in [-0.3, -0.25) is 9.69 Å². The zero-order chi connectivity index (χ0) is 13.7. The highest BCUT2D eigenvalue weighted by Crippen LogP contribution is 2.28. The number of carbonyl (C=O) groups is 1. The van der Waals surface area contributed by atoms with Gasteiger partial charge in [-0.1, -0.05) is 0 Å². The normalized spacial score (nSPS) is 24.0. The van der Waals surface area contributed by atoms with Crippen LogP contribution in [-0.2, 0) is 9.53 Å². The minimum atomic E-state index is -0.595. The summed E-state index contributed by atoms with van der Waals surface area (Å²) in [5.74, 6) is -0.0145. The maximum atomic E-state index is 12.0. The van der Waals surface area contributed by atoms with Gasteiger partial charge < -0.3 is 10.1 Å². The van der Waals surface area contributed by atoms with Gasteiger partial charge in [-0.05, 0) is 38.5 Å². The number of hydrogen-bond acceptors (Lipinski definition) is 4. The highest BCUT2D eigenvalue weighted by molar-refractivity contribution is 5.79. The molecule has 1 amide bonds. The lowest BCUT2D eigenvalue weighted by Crippen LogP contribution is -2.50. The topological polar surface area (TPSA) is 65.4 Å². The van der Waals surface area contributed by atoms with Crippen LogP contribution in [-0.4, -0.2) is 49.2 Å². The zero-order valence-electron chi connectivity index (χ0n) is 11.7. The van der Waals surface area contributed by atoms with Gasteiger partial charge in [0.2, 0.25) is 5.91 Å². The molecule has 2 fully saturated rings. The van der Waals surface area contributed by atoms with Crippen molar-refractivity contribution in [3.8, 4) is 6.07 Å². The zero-order valence-corrected chi connectivity index (χ0v) is 11.7. The summed E-state index contributed by atoms with van der Waals surface area (Å²) in [6.45, 7) is 2.19. The SMILES string of the molecule is COC1CCN(CC(=O)NC2(C#N)CCCC2)CC1. The fraction of sp³-hybridized carbons (Fsp3) is 0.857. The summed E-state index contributed by atoms with van der Waals surface area (Å²) >= 11 is 0. The largest absolute Gasteiger partial charge is 0.381 e. The second-order valence-electron chi connectivity index (χ2n) is 5.66. The minimum absolute atomic E-state index is 0.0145. The van der Waals surface area contributed by atoms with Gasteiger partial charge in [0, 0.05) is 20.2 Å². The average Bonchev–Trinajstić information content (AvgIpc) is 2.88. The number of carbonyl (C=O) groups excluding carboxylic acids is 1. The van der Waals surface area contributed by atoms with Crippen LogP contribution in [0.25, 0.3) is 0 Å². The molecule has 0 aromatic heterocycles. The number of likely N-dealkylation sites (tertiary alicyclic amines) is 1. The Labute approximate surface area is 114 Å². The smallest absolute Gasteiger partial charge is 0.235 e. The summed E-state index contributed by atoms with van der Waals surface area (Å²) in [5, 5.41) is 12.2. The highest BCUT2D eigenvalue weighted by atomic mass is 16.5. The summed E-state index contributed by atoms with van der Waals surface area (Å²) in [6.07, 6.45) is 5.95. The van der Waals surface area contributed by atoms with E-state index in [1.54, 1.807) is 7.11 Å². The maximum Gasteiger partial charge on any atom is 0.235 e. The molecule has 0 aromatic rings. The number of hydrogen-bond donors (Lipinski definition) is 1. The van der Waals surface area contributed by atoms with Gasteiger partial charge in [0.1, 0.15) is 5.54 Å². The summed E-state index contributed by atoms with van der Waals surface area (Å²) in [4.78, 5) is 14.2. The highest BCUT2D eigenvalue weighted by Gasteiger charge is 2.35. The molecule has 1 aliphatic carbocycles. The molecule has 1 saturated heterocycles. The molecule has 0 aromatic carbocycles. The van der Waals surface area contributed by atoms with E-state index in [4.69, 9.17) is 4.74 Å². The lowest BCUT2D eigenvalue weighted by atomic mass is 10.00. The van der Waals surface area contributed by atoms with Crippen molar-refractivity contribution >= 4 is 5.91 Å². The molecule has 0 radical (unpaired) electrons. The van der Waals surface area contributed by atoms with Crippen molar-refractivity contribution in [2.75, 3.05) is 26.7 Å². The van der Waals surface area contributed by atoms with E-state index in [0.29, 0.717) is 12.6 Å². The van der Waals surface area contributed by atoms with E-state index in [-0.39, 0.29) is 5.91 Å². The first-order valence-corrected chi connectivity index (χ1v) is 7.15. The third kappa shape index (κ3) is 3.68. The Morgan fingerprint density at radius 1 is 1.42 bits per heavy atom. The van der Waals surface area contributed by atoms with Crippen LogP contribution >= 0.6 is 0 Å². The summed E-state index contributed by atoms with van der Waals surface area (Å²) in [5.41, 5.74) is -0.595. The van der Waals surface area contributed by atoms with E-state index in [1.807, 2.05) is 0 Å². The van der Waals surface area contributed by atoms with Crippen molar-refractivity contribution in [2.24, 2.45) is 0 Å². The van der Waals surface area contributed by atoms with E-state index in [1.165, 1.54) is 0 Å². The van der Waals surface area contributed by atoms with Crippen LogP contribution in [0.3, 0.4) is 0 Å². The number of piperidine rings is 1. The third-order valence-electron chi connectivity index (χ3n) is 4.28. The molecule has 5 nitrogen and oxygen atoms in total. The van der Waals surface area contributed by atoms with Gasteiger partial charge in [0.15, 0.2) is 0 Å². The van der Waals surface area contributed by atoms with E-state index < -0.39 is 5.54 Å². The number of nitrogens with one attached hydrogen (secondary N) is 1. The monoisotopic (exact) mass is 265 g/mol. The van der Waals surface area contributed by atoms with E-state index in [2.05, 4.69) is 16.3 Å². The van der Waals surface area contributed by atoms with Crippen LogP contribution in [0.4, 0.5) is 0 Å². The molecular formula is C14H23N3O2. The molecule has 1 saturated carbocycles. The van der Waals surface area contributed by atoms with Crippen molar-refractivity contribution in [1.29, 1.82) is 5.26 Å². The quantitative estimate of drug-likeness (QED) is 0.825. The molecule has 106 valence electrons. The van der Waals surface area contributed by atoms with Crippen molar-refractivity contribution in [1.82, 2.24) is 10.2 Å². The van der Waals surface area contributed by atoms with Crippen LogP contribution in [0, 0.1) is 11.3 Å². The molecule has 1 aliphatic heterocycles.